The van der Waals surface area contributed by atoms with Gasteiger partial charge in [0.25, 0.3) is 0 Å². The third-order valence-electron chi connectivity index (χ3n) is 4.87. The first-order valence-electron chi connectivity index (χ1n) is 7.78. The summed E-state index contributed by atoms with van der Waals surface area (Å²) in [6.45, 7) is 4.01. The summed E-state index contributed by atoms with van der Waals surface area (Å²) in [5, 5.41) is 6.44. The second kappa shape index (κ2) is 6.80. The van der Waals surface area contributed by atoms with Crippen LogP contribution in [0.2, 0.25) is 0 Å². The number of rotatable bonds is 3. The fourth-order valence-electron chi connectivity index (χ4n) is 3.63. The largest absolute Gasteiger partial charge is 0.354 e. The number of carbonyl (C=O) groups is 1. The maximum absolute atomic E-state index is 12.2. The Labute approximate surface area is 133 Å². The molecule has 1 heterocycles. The fraction of sp³-hybridized carbons (Fsp3) is 0.588. The van der Waals surface area contributed by atoms with Crippen LogP contribution in [-0.2, 0) is 16.6 Å². The molecule has 4 heteroatoms. The topological polar surface area (TPSA) is 41.1 Å². The van der Waals surface area contributed by atoms with Gasteiger partial charge in [-0.1, -0.05) is 31.2 Å². The van der Waals surface area contributed by atoms with Gasteiger partial charge in [-0.3, -0.25) is 4.79 Å². The predicted molar refractivity (Wildman–Crippen MR) is 88.0 cm³/mol. The zero-order valence-corrected chi connectivity index (χ0v) is 13.5. The number of amides is 1. The van der Waals surface area contributed by atoms with Gasteiger partial charge in [0, 0.05) is 12.0 Å². The van der Waals surface area contributed by atoms with Gasteiger partial charge in [-0.25, -0.2) is 0 Å². The van der Waals surface area contributed by atoms with Crippen molar-refractivity contribution in [2.45, 2.75) is 50.5 Å². The van der Waals surface area contributed by atoms with Crippen LogP contribution in [0.1, 0.15) is 43.7 Å². The quantitative estimate of drug-likeness (QED) is 0.901. The summed E-state index contributed by atoms with van der Waals surface area (Å²) in [6, 6.07) is 8.72. The number of hydrogen-bond donors (Lipinski definition) is 2. The lowest BCUT2D eigenvalue weighted by atomic mass is 9.71. The minimum atomic E-state index is 0. The Morgan fingerprint density at radius 1 is 1.38 bits per heavy atom. The highest BCUT2D eigenvalue weighted by Gasteiger charge is 2.33. The molecule has 2 N–H and O–H groups in total. The van der Waals surface area contributed by atoms with Crippen LogP contribution in [0.15, 0.2) is 24.3 Å². The van der Waals surface area contributed by atoms with Crippen molar-refractivity contribution < 1.29 is 4.79 Å². The molecule has 3 rings (SSSR count). The molecule has 2 aliphatic rings. The Balaban J connectivity index is 0.00000161. The molecule has 0 saturated carbocycles. The highest BCUT2D eigenvalue weighted by atomic mass is 35.5. The Bertz CT molecular complexity index is 499. The molecule has 2 atom stereocenters. The molecule has 1 aromatic carbocycles. The van der Waals surface area contributed by atoms with Crippen LogP contribution in [0.25, 0.3) is 0 Å². The van der Waals surface area contributed by atoms with E-state index in [9.17, 15) is 4.79 Å². The molecule has 1 aliphatic heterocycles. The van der Waals surface area contributed by atoms with Gasteiger partial charge in [0.15, 0.2) is 0 Å². The standard InChI is InChI=1S/C17H24N2O.ClH/c1-17(12-19-16(20)15-9-5-11-18-15)10-4-7-13-6-2-3-8-14(13)17;/h2-3,6,8,15,18H,4-5,7,9-12H2,1H3,(H,19,20);1H. The first kappa shape index (κ1) is 16.3. The molecule has 2 unspecified atom stereocenters. The number of aryl methyl sites for hydroxylation is 1. The van der Waals surface area contributed by atoms with Crippen LogP contribution in [0.5, 0.6) is 0 Å². The SMILES string of the molecule is CC1(CNC(=O)C2CCCN2)CCCc2ccccc21.Cl. The number of hydrogen-bond acceptors (Lipinski definition) is 2. The van der Waals surface area contributed by atoms with E-state index in [1.807, 2.05) is 0 Å². The maximum Gasteiger partial charge on any atom is 0.237 e. The summed E-state index contributed by atoms with van der Waals surface area (Å²) in [5.74, 6) is 0.173. The van der Waals surface area contributed by atoms with Crippen LogP contribution in [0.4, 0.5) is 0 Å². The van der Waals surface area contributed by atoms with E-state index >= 15 is 0 Å². The molecular weight excluding hydrogens is 284 g/mol. The molecular formula is C17H25ClN2O. The van der Waals surface area contributed by atoms with Crippen LogP contribution in [0.3, 0.4) is 0 Å². The van der Waals surface area contributed by atoms with Gasteiger partial charge in [-0.05, 0) is 49.8 Å². The smallest absolute Gasteiger partial charge is 0.237 e. The van der Waals surface area contributed by atoms with Crippen LogP contribution in [0, 0.1) is 0 Å². The molecule has 0 bridgehead atoms. The monoisotopic (exact) mass is 308 g/mol. The van der Waals surface area contributed by atoms with E-state index in [1.54, 1.807) is 0 Å². The number of halogens is 1. The van der Waals surface area contributed by atoms with Gasteiger partial charge in [0.1, 0.15) is 0 Å². The van der Waals surface area contributed by atoms with Crippen molar-refractivity contribution in [2.75, 3.05) is 13.1 Å². The summed E-state index contributed by atoms with van der Waals surface area (Å²) in [5.41, 5.74) is 2.96. The molecule has 0 spiro atoms. The van der Waals surface area contributed by atoms with Crippen molar-refractivity contribution in [3.8, 4) is 0 Å². The van der Waals surface area contributed by atoms with Gasteiger partial charge in [-0.15, -0.1) is 12.4 Å². The summed E-state index contributed by atoms with van der Waals surface area (Å²) in [4.78, 5) is 12.2. The zero-order chi connectivity index (χ0) is 14.0. The van der Waals surface area contributed by atoms with Gasteiger partial charge in [-0.2, -0.15) is 0 Å². The average Bonchev–Trinajstić information content (AvgIpc) is 3.00. The summed E-state index contributed by atoms with van der Waals surface area (Å²) in [6.07, 6.45) is 5.62. The molecule has 3 nitrogen and oxygen atoms in total. The van der Waals surface area contributed by atoms with Gasteiger partial charge < -0.3 is 10.6 Å². The lowest BCUT2D eigenvalue weighted by Crippen LogP contribution is -2.46. The van der Waals surface area contributed by atoms with E-state index in [4.69, 9.17) is 0 Å². The molecule has 116 valence electrons. The maximum atomic E-state index is 12.2. The highest BCUT2D eigenvalue weighted by Crippen LogP contribution is 2.36. The number of benzene rings is 1. The van der Waals surface area contributed by atoms with Crippen molar-refractivity contribution in [1.29, 1.82) is 0 Å². The van der Waals surface area contributed by atoms with Gasteiger partial charge >= 0.3 is 0 Å². The summed E-state index contributed by atoms with van der Waals surface area (Å²) >= 11 is 0. The molecule has 1 aliphatic carbocycles. The Morgan fingerprint density at radius 2 is 2.19 bits per heavy atom. The van der Waals surface area contributed by atoms with Crippen molar-refractivity contribution in [1.82, 2.24) is 10.6 Å². The normalized spacial score (nSPS) is 27.6. The highest BCUT2D eigenvalue weighted by molar-refractivity contribution is 5.85. The Kier molecular flexibility index (Phi) is 5.28. The number of carbonyl (C=O) groups excluding carboxylic acids is 1. The Hall–Kier alpha value is -1.06. The van der Waals surface area contributed by atoms with Crippen LogP contribution >= 0.6 is 12.4 Å². The van der Waals surface area contributed by atoms with E-state index < -0.39 is 0 Å². The summed E-state index contributed by atoms with van der Waals surface area (Å²) in [7, 11) is 0. The molecule has 1 aromatic rings. The first-order chi connectivity index (χ1) is 9.69. The lowest BCUT2D eigenvalue weighted by Gasteiger charge is -2.36. The fourth-order valence-corrected chi connectivity index (χ4v) is 3.63. The third kappa shape index (κ3) is 3.41. The Morgan fingerprint density at radius 3 is 2.95 bits per heavy atom. The van der Waals surface area contributed by atoms with Gasteiger partial charge in [0.05, 0.1) is 6.04 Å². The third-order valence-corrected chi connectivity index (χ3v) is 4.87. The van der Waals surface area contributed by atoms with Crippen molar-refractivity contribution >= 4 is 18.3 Å². The second-order valence-corrected chi connectivity index (χ2v) is 6.44. The molecule has 0 radical (unpaired) electrons. The molecule has 21 heavy (non-hydrogen) atoms. The van der Waals surface area contributed by atoms with Crippen LogP contribution in [-0.4, -0.2) is 25.0 Å². The van der Waals surface area contributed by atoms with Crippen molar-refractivity contribution in [3.63, 3.8) is 0 Å². The second-order valence-electron chi connectivity index (χ2n) is 6.44. The minimum Gasteiger partial charge on any atom is -0.354 e. The van der Waals surface area contributed by atoms with Crippen molar-refractivity contribution in [3.05, 3.63) is 35.4 Å². The molecule has 0 aromatic heterocycles. The van der Waals surface area contributed by atoms with E-state index in [-0.39, 0.29) is 29.8 Å². The molecule has 1 fully saturated rings. The van der Waals surface area contributed by atoms with E-state index in [0.717, 1.165) is 32.4 Å². The lowest BCUT2D eigenvalue weighted by molar-refractivity contribution is -0.123. The summed E-state index contributed by atoms with van der Waals surface area (Å²) < 4.78 is 0. The van der Waals surface area contributed by atoms with Crippen molar-refractivity contribution in [2.24, 2.45) is 0 Å². The minimum absolute atomic E-state index is 0. The van der Waals surface area contributed by atoms with E-state index in [2.05, 4.69) is 41.8 Å². The first-order valence-corrected chi connectivity index (χ1v) is 7.78. The van der Waals surface area contributed by atoms with E-state index in [1.165, 1.54) is 24.0 Å². The predicted octanol–water partition coefficient (Wildman–Crippen LogP) is 2.57. The number of fused-ring (bicyclic) bond motifs is 1. The molecule has 1 saturated heterocycles. The zero-order valence-electron chi connectivity index (χ0n) is 12.7. The average molecular weight is 309 g/mol. The van der Waals surface area contributed by atoms with Crippen LogP contribution < -0.4 is 10.6 Å². The van der Waals surface area contributed by atoms with Gasteiger partial charge in [0.2, 0.25) is 5.91 Å². The van der Waals surface area contributed by atoms with E-state index in [0.29, 0.717) is 0 Å². The molecule has 1 amide bonds. The number of nitrogens with one attached hydrogen (secondary N) is 2.